The molecule has 2 fully saturated rings. The maximum absolute atomic E-state index is 12.9. The first-order valence-electron chi connectivity index (χ1n) is 13.7. The van der Waals surface area contributed by atoms with Crippen LogP contribution >= 0.6 is 0 Å². The summed E-state index contributed by atoms with van der Waals surface area (Å²) in [4.78, 5) is 12.9. The highest BCUT2D eigenvalue weighted by Gasteiger charge is 2.63. The molecule has 40 heavy (non-hydrogen) atoms. The Kier molecular flexibility index (Phi) is 7.78. The van der Waals surface area contributed by atoms with E-state index in [4.69, 9.17) is 23.4 Å². The van der Waals surface area contributed by atoms with Crippen molar-refractivity contribution in [2.45, 2.75) is 69.5 Å². The normalized spacial score (nSPS) is 25.9. The summed E-state index contributed by atoms with van der Waals surface area (Å²) in [5, 5.41) is 13.6. The zero-order chi connectivity index (χ0) is 28.6. The van der Waals surface area contributed by atoms with Crippen molar-refractivity contribution in [2.24, 2.45) is 0 Å². The van der Waals surface area contributed by atoms with E-state index >= 15 is 0 Å². The van der Waals surface area contributed by atoms with E-state index in [2.05, 4.69) is 45.0 Å². The number of aliphatic hydroxyl groups excluding tert-OH is 1. The zero-order valence-electron chi connectivity index (χ0n) is 23.7. The van der Waals surface area contributed by atoms with E-state index in [1.807, 2.05) is 42.5 Å². The van der Waals surface area contributed by atoms with Crippen molar-refractivity contribution in [3.8, 4) is 0 Å². The van der Waals surface area contributed by atoms with E-state index in [9.17, 15) is 9.90 Å². The Hall–Kier alpha value is -2.85. The Balaban J connectivity index is 1.52. The Morgan fingerprint density at radius 1 is 0.825 bits per heavy atom. The molecule has 212 valence electrons. The molecule has 8 heteroatoms. The Morgan fingerprint density at radius 3 is 1.85 bits per heavy atom. The van der Waals surface area contributed by atoms with Gasteiger partial charge in [0.15, 0.2) is 17.7 Å². The molecule has 3 aromatic carbocycles. The number of rotatable bonds is 8. The summed E-state index contributed by atoms with van der Waals surface area (Å²) in [5.74, 6) is -1.43. The average molecular weight is 563 g/mol. The van der Waals surface area contributed by atoms with Gasteiger partial charge in [-0.2, -0.15) is 0 Å². The number of hydrogen-bond acceptors (Lipinski definition) is 7. The summed E-state index contributed by atoms with van der Waals surface area (Å²) in [5.41, 5.74) is -1.00. The predicted octanol–water partition coefficient (Wildman–Crippen LogP) is 4.03. The van der Waals surface area contributed by atoms with Gasteiger partial charge in [-0.3, -0.25) is 0 Å². The first kappa shape index (κ1) is 28.7. The maximum Gasteiger partial charge on any atom is 0.338 e. The lowest BCUT2D eigenvalue weighted by molar-refractivity contribution is -0.251. The molecule has 2 aliphatic heterocycles. The van der Waals surface area contributed by atoms with Gasteiger partial charge in [-0.05, 0) is 41.4 Å². The van der Waals surface area contributed by atoms with Gasteiger partial charge < -0.3 is 28.5 Å². The number of fused-ring (bicyclic) bond motifs is 1. The molecular formula is C32H38O7Si. The van der Waals surface area contributed by atoms with Gasteiger partial charge in [-0.25, -0.2) is 4.79 Å². The minimum absolute atomic E-state index is 0.0380. The van der Waals surface area contributed by atoms with Crippen molar-refractivity contribution in [1.29, 1.82) is 0 Å². The van der Waals surface area contributed by atoms with Gasteiger partial charge in [0.1, 0.15) is 18.8 Å². The Labute approximate surface area is 237 Å². The van der Waals surface area contributed by atoms with E-state index < -0.39 is 44.2 Å². The van der Waals surface area contributed by atoms with Crippen LogP contribution < -0.4 is 10.4 Å². The van der Waals surface area contributed by atoms with Gasteiger partial charge in [-0.15, -0.1) is 0 Å². The molecule has 0 aromatic heterocycles. The predicted molar refractivity (Wildman–Crippen MR) is 154 cm³/mol. The molecule has 0 bridgehead atoms. The number of ether oxygens (including phenoxy) is 4. The summed E-state index contributed by atoms with van der Waals surface area (Å²) in [6.07, 6.45) is -2.75. The van der Waals surface area contributed by atoms with Crippen LogP contribution in [-0.4, -0.2) is 62.5 Å². The second-order valence-corrected chi connectivity index (χ2v) is 16.3. The van der Waals surface area contributed by atoms with Crippen LogP contribution in [0, 0.1) is 0 Å². The third-order valence-electron chi connectivity index (χ3n) is 7.70. The molecule has 0 unspecified atom stereocenters. The zero-order valence-corrected chi connectivity index (χ0v) is 24.7. The molecule has 3 aromatic rings. The van der Waals surface area contributed by atoms with Crippen molar-refractivity contribution >= 4 is 24.7 Å². The molecular weight excluding hydrogens is 524 g/mol. The number of benzene rings is 3. The lowest BCUT2D eigenvalue weighted by atomic mass is 9.97. The van der Waals surface area contributed by atoms with E-state index in [0.29, 0.717) is 5.56 Å². The van der Waals surface area contributed by atoms with Crippen LogP contribution in [0.25, 0.3) is 0 Å². The largest absolute Gasteiger partial charge is 0.459 e. The Morgan fingerprint density at radius 2 is 1.35 bits per heavy atom. The number of carbonyl (C=O) groups excluding carboxylic acids is 1. The van der Waals surface area contributed by atoms with E-state index in [1.54, 1.807) is 38.1 Å². The maximum atomic E-state index is 12.9. The lowest BCUT2D eigenvalue weighted by Crippen LogP contribution is -2.68. The van der Waals surface area contributed by atoms with Crippen molar-refractivity contribution < 1.29 is 33.3 Å². The molecule has 0 amide bonds. The topological polar surface area (TPSA) is 83.5 Å². The molecule has 2 saturated heterocycles. The monoisotopic (exact) mass is 562 g/mol. The fourth-order valence-electron chi connectivity index (χ4n) is 5.78. The third kappa shape index (κ3) is 5.27. The van der Waals surface area contributed by atoms with Crippen molar-refractivity contribution in [2.75, 3.05) is 13.2 Å². The van der Waals surface area contributed by atoms with Gasteiger partial charge in [0.2, 0.25) is 0 Å². The van der Waals surface area contributed by atoms with Crippen LogP contribution in [0.15, 0.2) is 91.0 Å². The van der Waals surface area contributed by atoms with Crippen molar-refractivity contribution in [3.05, 3.63) is 96.6 Å². The molecule has 5 rings (SSSR count). The van der Waals surface area contributed by atoms with Crippen molar-refractivity contribution in [1.82, 2.24) is 0 Å². The van der Waals surface area contributed by atoms with Crippen LogP contribution in [0.5, 0.6) is 0 Å². The lowest BCUT2D eigenvalue weighted by Gasteiger charge is -2.45. The van der Waals surface area contributed by atoms with Gasteiger partial charge in [-0.1, -0.05) is 99.6 Å². The highest BCUT2D eigenvalue weighted by molar-refractivity contribution is 6.99. The van der Waals surface area contributed by atoms with Gasteiger partial charge in [0, 0.05) is 0 Å². The quantitative estimate of drug-likeness (QED) is 0.328. The Bertz CT molecular complexity index is 1250. The molecule has 1 N–H and O–H groups in total. The van der Waals surface area contributed by atoms with Crippen molar-refractivity contribution in [3.63, 3.8) is 0 Å². The van der Waals surface area contributed by atoms with Gasteiger partial charge in [0.25, 0.3) is 8.32 Å². The standard InChI is InChI=1S/C32H38O7Si/c1-30(2,3)40(24-17-11-7-12-18-24,25-19-13-8-14-20-25)36-22-32(21-35-28(34)23-15-9-6-10-16-23)27(33)26-29(39-32)38-31(4,5)37-26/h6-20,26-27,29,33H,21-22H2,1-5H3/t26-,27-,29+,32-/m1/s1. The van der Waals surface area contributed by atoms with Crippen LogP contribution in [0.2, 0.25) is 5.04 Å². The smallest absolute Gasteiger partial charge is 0.338 e. The highest BCUT2D eigenvalue weighted by atomic mass is 28.4. The molecule has 4 atom stereocenters. The summed E-state index contributed by atoms with van der Waals surface area (Å²) in [6, 6.07) is 29.2. The number of carbonyl (C=O) groups is 1. The molecule has 7 nitrogen and oxygen atoms in total. The van der Waals surface area contributed by atoms with E-state index in [0.717, 1.165) is 10.4 Å². The second kappa shape index (κ2) is 10.9. The molecule has 0 spiro atoms. The minimum Gasteiger partial charge on any atom is -0.459 e. The SMILES string of the molecule is CC1(C)O[C@H]2O[C@](COC(=O)c3ccccc3)(CO[Si](c3ccccc3)(c3ccccc3)C(C)(C)C)[C@H](O)[C@H]2O1. The molecule has 2 aliphatic rings. The van der Waals surface area contributed by atoms with Crippen LogP contribution in [0.4, 0.5) is 0 Å². The second-order valence-electron chi connectivity index (χ2n) is 12.0. The first-order valence-corrected chi connectivity index (χ1v) is 15.6. The van der Waals surface area contributed by atoms with Crippen LogP contribution in [0.3, 0.4) is 0 Å². The number of aliphatic hydroxyl groups is 1. The molecule has 0 aliphatic carbocycles. The summed E-state index contributed by atoms with van der Waals surface area (Å²) >= 11 is 0. The fourth-order valence-corrected chi connectivity index (χ4v) is 10.4. The van der Waals surface area contributed by atoms with Crippen LogP contribution in [-0.2, 0) is 23.4 Å². The van der Waals surface area contributed by atoms with E-state index in [1.165, 1.54) is 0 Å². The summed E-state index contributed by atoms with van der Waals surface area (Å²) in [6.45, 7) is 9.81. The molecule has 0 radical (unpaired) electrons. The number of esters is 1. The summed E-state index contributed by atoms with van der Waals surface area (Å²) in [7, 11) is -2.99. The molecule has 0 saturated carbocycles. The molecule has 2 heterocycles. The van der Waals surface area contributed by atoms with E-state index in [-0.39, 0.29) is 18.3 Å². The number of hydrogen-bond donors (Lipinski definition) is 1. The van der Waals surface area contributed by atoms with Gasteiger partial charge >= 0.3 is 5.97 Å². The first-order chi connectivity index (χ1) is 19.0. The van der Waals surface area contributed by atoms with Crippen LogP contribution in [0.1, 0.15) is 45.0 Å². The average Bonchev–Trinajstić information content (AvgIpc) is 3.37. The summed E-state index contributed by atoms with van der Waals surface area (Å²) < 4.78 is 31.3. The minimum atomic E-state index is -2.99. The van der Waals surface area contributed by atoms with Gasteiger partial charge in [0.05, 0.1) is 12.2 Å². The fraction of sp³-hybridized carbons (Fsp3) is 0.406. The third-order valence-corrected chi connectivity index (χ3v) is 12.7. The highest BCUT2D eigenvalue weighted by Crippen LogP contribution is 2.44.